The van der Waals surface area contributed by atoms with E-state index in [-0.39, 0.29) is 22.4 Å². The molecule has 9 nitrogen and oxygen atoms in total. The van der Waals surface area contributed by atoms with E-state index >= 15 is 0 Å². The van der Waals surface area contributed by atoms with Crippen LogP contribution in [-0.2, 0) is 0 Å². The molecule has 0 unspecified atom stereocenters. The number of carbonyl (C=O) groups excluding carboxylic acids is 2. The van der Waals surface area contributed by atoms with Crippen LogP contribution in [0.4, 0.5) is 5.69 Å². The van der Waals surface area contributed by atoms with E-state index < -0.39 is 17.8 Å². The maximum absolute atomic E-state index is 13.2. The summed E-state index contributed by atoms with van der Waals surface area (Å²) in [6.45, 7) is 0. The number of H-pyrrole nitrogens is 1. The van der Waals surface area contributed by atoms with Crippen molar-refractivity contribution < 1.29 is 19.5 Å². The number of carboxylic acids is 1. The van der Waals surface area contributed by atoms with Gasteiger partial charge < -0.3 is 5.11 Å². The molecule has 0 spiro atoms. The van der Waals surface area contributed by atoms with Crippen LogP contribution in [0.3, 0.4) is 0 Å². The molecule has 0 atom stereocenters. The highest BCUT2D eigenvalue weighted by molar-refractivity contribution is 6.35. The fourth-order valence-electron chi connectivity index (χ4n) is 3.60. The molecular formula is C22H13N5O4. The van der Waals surface area contributed by atoms with Crippen molar-refractivity contribution in [1.82, 2.24) is 20.6 Å². The van der Waals surface area contributed by atoms with E-state index in [0.717, 1.165) is 10.5 Å². The molecule has 31 heavy (non-hydrogen) atoms. The van der Waals surface area contributed by atoms with Gasteiger partial charge in [-0.25, -0.2) is 14.8 Å². The first kappa shape index (κ1) is 18.4. The van der Waals surface area contributed by atoms with Crippen molar-refractivity contribution in [3.63, 3.8) is 0 Å². The number of imide groups is 1. The Morgan fingerprint density at radius 2 is 1.58 bits per heavy atom. The van der Waals surface area contributed by atoms with Crippen molar-refractivity contribution in [3.8, 4) is 22.5 Å². The normalized spacial score (nSPS) is 12.8. The van der Waals surface area contributed by atoms with E-state index in [1.54, 1.807) is 18.2 Å². The molecule has 0 radical (unpaired) electrons. The first-order chi connectivity index (χ1) is 15.0. The second-order valence-electron chi connectivity index (χ2n) is 6.86. The monoisotopic (exact) mass is 411 g/mol. The number of hydrogen-bond donors (Lipinski definition) is 2. The minimum Gasteiger partial charge on any atom is -0.478 e. The van der Waals surface area contributed by atoms with E-state index in [2.05, 4.69) is 20.6 Å². The molecule has 3 aromatic carbocycles. The van der Waals surface area contributed by atoms with Crippen LogP contribution in [-0.4, -0.2) is 43.5 Å². The standard InChI is InChI=1S/C22H13N5O4/c28-20-15-8-7-14(19-23-25-26-24-19)10-17(15)21(29)27(20)18-11-13(6-9-16(18)22(30)31)12-4-2-1-3-5-12/h1-11H,(H,30,31)(H,23,24,25,26). The summed E-state index contributed by atoms with van der Waals surface area (Å²) < 4.78 is 0. The second-order valence-corrected chi connectivity index (χ2v) is 6.86. The largest absolute Gasteiger partial charge is 0.478 e. The molecule has 1 aliphatic rings. The van der Waals surface area contributed by atoms with Gasteiger partial charge in [-0.3, -0.25) is 9.59 Å². The fourth-order valence-corrected chi connectivity index (χ4v) is 3.60. The van der Waals surface area contributed by atoms with Gasteiger partial charge in [0.25, 0.3) is 11.8 Å². The van der Waals surface area contributed by atoms with E-state index in [0.29, 0.717) is 17.0 Å². The highest BCUT2D eigenvalue weighted by atomic mass is 16.4. The highest BCUT2D eigenvalue weighted by Gasteiger charge is 2.39. The number of nitrogens with one attached hydrogen (secondary N) is 1. The number of amides is 2. The maximum atomic E-state index is 13.2. The van der Waals surface area contributed by atoms with Crippen LogP contribution >= 0.6 is 0 Å². The van der Waals surface area contributed by atoms with Gasteiger partial charge in [-0.05, 0) is 45.8 Å². The Morgan fingerprint density at radius 3 is 2.29 bits per heavy atom. The lowest BCUT2D eigenvalue weighted by Gasteiger charge is -2.18. The van der Waals surface area contributed by atoms with Crippen LogP contribution in [0, 0.1) is 0 Å². The Hall–Kier alpha value is -4.66. The van der Waals surface area contributed by atoms with Crippen LogP contribution in [0.1, 0.15) is 31.1 Å². The summed E-state index contributed by atoms with van der Waals surface area (Å²) in [5.41, 5.74) is 2.26. The molecule has 9 heteroatoms. The summed E-state index contributed by atoms with van der Waals surface area (Å²) in [4.78, 5) is 39.0. The zero-order valence-electron chi connectivity index (χ0n) is 15.8. The van der Waals surface area contributed by atoms with Crippen LogP contribution in [0.15, 0.2) is 66.7 Å². The van der Waals surface area contributed by atoms with Crippen LogP contribution in [0.5, 0.6) is 0 Å². The van der Waals surface area contributed by atoms with Crippen molar-refractivity contribution in [2.75, 3.05) is 4.90 Å². The summed E-state index contributed by atoms with van der Waals surface area (Å²) in [6.07, 6.45) is 0. The van der Waals surface area contributed by atoms with E-state index in [1.807, 2.05) is 30.3 Å². The van der Waals surface area contributed by atoms with Gasteiger partial charge in [-0.1, -0.05) is 42.5 Å². The summed E-state index contributed by atoms with van der Waals surface area (Å²) in [7, 11) is 0. The topological polar surface area (TPSA) is 129 Å². The highest BCUT2D eigenvalue weighted by Crippen LogP contribution is 2.35. The molecule has 1 aliphatic heterocycles. The molecule has 2 heterocycles. The van der Waals surface area contributed by atoms with Gasteiger partial charge in [0.1, 0.15) is 0 Å². The predicted molar refractivity (Wildman–Crippen MR) is 110 cm³/mol. The van der Waals surface area contributed by atoms with Crippen molar-refractivity contribution in [2.45, 2.75) is 0 Å². The first-order valence-electron chi connectivity index (χ1n) is 9.24. The Bertz CT molecular complexity index is 1350. The minimum atomic E-state index is -1.24. The van der Waals surface area contributed by atoms with Gasteiger partial charge >= 0.3 is 5.97 Å². The summed E-state index contributed by atoms with van der Waals surface area (Å²) in [6, 6.07) is 18.5. The summed E-state index contributed by atoms with van der Waals surface area (Å²) in [5, 5.41) is 23.1. The van der Waals surface area contributed by atoms with E-state index in [4.69, 9.17) is 0 Å². The fraction of sp³-hybridized carbons (Fsp3) is 0. The third-order valence-corrected chi connectivity index (χ3v) is 5.08. The lowest BCUT2D eigenvalue weighted by molar-refractivity contribution is 0.0698. The molecule has 150 valence electrons. The number of fused-ring (bicyclic) bond motifs is 1. The molecule has 5 rings (SSSR count). The number of carboxylic acid groups (broad SMARTS) is 1. The van der Waals surface area contributed by atoms with Crippen molar-refractivity contribution in [1.29, 1.82) is 0 Å². The number of aromatic carboxylic acids is 1. The minimum absolute atomic E-state index is 0.0166. The number of carbonyl (C=O) groups is 3. The molecule has 1 aromatic heterocycles. The quantitative estimate of drug-likeness (QED) is 0.494. The van der Waals surface area contributed by atoms with Gasteiger partial charge in [-0.15, -0.1) is 5.10 Å². The van der Waals surface area contributed by atoms with Gasteiger partial charge in [0.15, 0.2) is 5.82 Å². The molecule has 0 saturated carbocycles. The average Bonchev–Trinajstić information content (AvgIpc) is 3.41. The number of anilines is 1. The van der Waals surface area contributed by atoms with Gasteiger partial charge in [0.05, 0.1) is 22.4 Å². The number of nitrogens with zero attached hydrogens (tertiary/aromatic N) is 4. The molecule has 0 saturated heterocycles. The number of rotatable bonds is 4. The number of benzene rings is 3. The molecule has 0 fully saturated rings. The summed E-state index contributed by atoms with van der Waals surface area (Å²) in [5.74, 6) is -2.09. The van der Waals surface area contributed by atoms with Gasteiger partial charge in [-0.2, -0.15) is 0 Å². The third-order valence-electron chi connectivity index (χ3n) is 5.08. The lowest BCUT2D eigenvalue weighted by atomic mass is 10.0. The van der Waals surface area contributed by atoms with Crippen LogP contribution in [0.25, 0.3) is 22.5 Å². The van der Waals surface area contributed by atoms with E-state index in [9.17, 15) is 19.5 Å². The van der Waals surface area contributed by atoms with Crippen LogP contribution in [0.2, 0.25) is 0 Å². The molecule has 2 N–H and O–H groups in total. The third kappa shape index (κ3) is 2.96. The number of aromatic amines is 1. The smallest absolute Gasteiger partial charge is 0.337 e. The Morgan fingerprint density at radius 1 is 0.839 bits per heavy atom. The van der Waals surface area contributed by atoms with Gasteiger partial charge in [0, 0.05) is 5.56 Å². The van der Waals surface area contributed by atoms with Gasteiger partial charge in [0.2, 0.25) is 0 Å². The van der Waals surface area contributed by atoms with Crippen LogP contribution < -0.4 is 4.90 Å². The second kappa shape index (κ2) is 6.99. The average molecular weight is 411 g/mol. The zero-order valence-corrected chi connectivity index (χ0v) is 15.8. The molecule has 0 bridgehead atoms. The first-order valence-corrected chi connectivity index (χ1v) is 9.24. The maximum Gasteiger partial charge on any atom is 0.337 e. The lowest BCUT2D eigenvalue weighted by Crippen LogP contribution is -2.31. The Balaban J connectivity index is 1.63. The number of aromatic nitrogens is 4. The predicted octanol–water partition coefficient (Wildman–Crippen LogP) is 3.03. The molecule has 0 aliphatic carbocycles. The molecule has 4 aromatic rings. The number of hydrogen-bond acceptors (Lipinski definition) is 6. The zero-order chi connectivity index (χ0) is 21.5. The summed E-state index contributed by atoms with van der Waals surface area (Å²) >= 11 is 0. The van der Waals surface area contributed by atoms with Crippen molar-refractivity contribution in [2.24, 2.45) is 0 Å². The Labute approximate surface area is 175 Å². The van der Waals surface area contributed by atoms with E-state index in [1.165, 1.54) is 18.2 Å². The molecular weight excluding hydrogens is 398 g/mol. The Kier molecular flexibility index (Phi) is 4.14. The van der Waals surface area contributed by atoms with Crippen molar-refractivity contribution >= 4 is 23.5 Å². The van der Waals surface area contributed by atoms with Crippen molar-refractivity contribution in [3.05, 3.63) is 83.4 Å². The SMILES string of the molecule is O=C(O)c1ccc(-c2ccccc2)cc1N1C(=O)c2ccc(-c3nnn[nH]3)cc2C1=O. The number of tetrazole rings is 1. The molecule has 2 amide bonds.